The van der Waals surface area contributed by atoms with Crippen molar-refractivity contribution in [1.82, 2.24) is 24.8 Å². The molecule has 1 N–H and O–H groups in total. The van der Waals surface area contributed by atoms with E-state index in [1.54, 1.807) is 30.5 Å². The number of rotatable bonds is 6. The maximum Gasteiger partial charge on any atom is 0.410 e. The van der Waals surface area contributed by atoms with E-state index in [2.05, 4.69) is 25.7 Å². The second-order valence-corrected chi connectivity index (χ2v) is 15.3. The van der Waals surface area contributed by atoms with Crippen molar-refractivity contribution < 1.29 is 28.2 Å². The summed E-state index contributed by atoms with van der Waals surface area (Å²) in [6, 6.07) is 8.06. The first-order valence-electron chi connectivity index (χ1n) is 17.8. The lowest BCUT2D eigenvalue weighted by Crippen LogP contribution is -2.57. The zero-order valence-electron chi connectivity index (χ0n) is 29.2. The number of aliphatic hydroxyl groups is 1. The number of aliphatic hydroxyl groups excluding tert-OH is 1. The highest BCUT2D eigenvalue weighted by Crippen LogP contribution is 2.43. The largest absolute Gasteiger partial charge is 0.461 e. The third kappa shape index (κ3) is 5.71. The van der Waals surface area contributed by atoms with Gasteiger partial charge >= 0.3 is 12.1 Å². The summed E-state index contributed by atoms with van der Waals surface area (Å²) in [4.78, 5) is 33.6. The van der Waals surface area contributed by atoms with Crippen LogP contribution in [0.25, 0.3) is 32.9 Å². The van der Waals surface area contributed by atoms with Crippen molar-refractivity contribution in [3.8, 4) is 29.6 Å². The Morgan fingerprint density at radius 3 is 2.61 bits per heavy atom. The van der Waals surface area contributed by atoms with E-state index in [4.69, 9.17) is 20.9 Å². The number of fused-ring (bicyclic) bond motifs is 5. The van der Waals surface area contributed by atoms with E-state index in [9.17, 15) is 14.3 Å². The Morgan fingerprint density at radius 2 is 1.88 bits per heavy atom. The van der Waals surface area contributed by atoms with Gasteiger partial charge in [-0.15, -0.1) is 6.42 Å². The van der Waals surface area contributed by atoms with Crippen LogP contribution >= 0.6 is 0 Å². The highest BCUT2D eigenvalue weighted by molar-refractivity contribution is 6.02. The van der Waals surface area contributed by atoms with Gasteiger partial charge in [-0.1, -0.05) is 30.2 Å². The maximum absolute atomic E-state index is 17.0. The van der Waals surface area contributed by atoms with E-state index in [1.165, 1.54) is 6.07 Å². The lowest BCUT2D eigenvalue weighted by atomic mass is 9.95. The maximum atomic E-state index is 17.0. The quantitative estimate of drug-likeness (QED) is 0.241. The molecule has 4 fully saturated rings. The number of ether oxygens (including phenoxy) is 2. The topological polar surface area (TPSA) is 104 Å². The molecule has 0 aliphatic carbocycles. The number of terminal acetylenes is 1. The number of halogens is 2. The number of benzene rings is 2. The SMILES string of the molecule is C#Cc1c(F)ccc2cccc(-c3ncc4c(N5CC6CCC(C5)N6C(=O)OC(C)(C)C)nc(OC[C@]56CCCN5[C@@H](CO)CC6)nc4c3F)c12. The summed E-state index contributed by atoms with van der Waals surface area (Å²) >= 11 is 0. The van der Waals surface area contributed by atoms with Gasteiger partial charge < -0.3 is 19.5 Å². The second-order valence-electron chi connectivity index (χ2n) is 15.3. The van der Waals surface area contributed by atoms with Crippen LogP contribution in [-0.4, -0.2) is 98.1 Å². The third-order valence-corrected chi connectivity index (χ3v) is 11.1. The van der Waals surface area contributed by atoms with E-state index in [1.807, 2.05) is 25.7 Å². The smallest absolute Gasteiger partial charge is 0.410 e. The molecule has 4 saturated heterocycles. The molecule has 6 heterocycles. The number of nitrogens with zero attached hydrogens (tertiary/aromatic N) is 6. The molecule has 4 aliphatic heterocycles. The van der Waals surface area contributed by atoms with Gasteiger partial charge in [-0.2, -0.15) is 9.97 Å². The Hall–Kier alpha value is -4.60. The fourth-order valence-electron chi connectivity index (χ4n) is 8.90. The van der Waals surface area contributed by atoms with Gasteiger partial charge in [0.25, 0.3) is 0 Å². The number of aromatic nitrogens is 3. The van der Waals surface area contributed by atoms with Crippen LogP contribution in [0.5, 0.6) is 6.01 Å². The molecule has 2 aromatic heterocycles. The first-order chi connectivity index (χ1) is 24.5. The van der Waals surface area contributed by atoms with Crippen molar-refractivity contribution >= 4 is 33.6 Å². The van der Waals surface area contributed by atoms with E-state index in [0.717, 1.165) is 45.1 Å². The average Bonchev–Trinajstić information content (AvgIpc) is 3.76. The average molecular weight is 697 g/mol. The fraction of sp³-hybridized carbons (Fsp3) is 0.487. The van der Waals surface area contributed by atoms with Crippen molar-refractivity contribution in [2.24, 2.45) is 0 Å². The standard InChI is InChI=1S/C39H42F2N6O4/c1-5-27-30(40)13-10-23-8-6-9-28(31(23)27)33-32(41)34-29(18-42-33)35(45-19-24-11-12-25(20-45)47(24)37(49)51-38(2,3)4)44-36(43-34)50-22-39-15-7-17-46(39)26(21-48)14-16-39/h1,6,8-10,13,18,24-26,48H,7,11-12,14-17,19-22H2,2-4H3/t24?,25?,26-,39-/m1/s1. The summed E-state index contributed by atoms with van der Waals surface area (Å²) in [5, 5.41) is 11.5. The molecule has 2 unspecified atom stereocenters. The summed E-state index contributed by atoms with van der Waals surface area (Å²) in [6.45, 7) is 7.79. The predicted octanol–water partition coefficient (Wildman–Crippen LogP) is 6.06. The van der Waals surface area contributed by atoms with Crippen LogP contribution in [0, 0.1) is 24.0 Å². The number of anilines is 1. The van der Waals surface area contributed by atoms with Gasteiger partial charge in [0.2, 0.25) is 0 Å². The minimum atomic E-state index is -0.696. The molecule has 12 heteroatoms. The molecule has 0 saturated carbocycles. The van der Waals surface area contributed by atoms with Crippen LogP contribution in [0.1, 0.15) is 64.9 Å². The highest BCUT2D eigenvalue weighted by Gasteiger charge is 2.50. The van der Waals surface area contributed by atoms with Gasteiger partial charge in [-0.05, 0) is 77.3 Å². The van der Waals surface area contributed by atoms with Crippen LogP contribution in [0.3, 0.4) is 0 Å². The molecule has 8 rings (SSSR count). The molecule has 0 spiro atoms. The van der Waals surface area contributed by atoms with E-state index in [-0.39, 0.29) is 59.1 Å². The molecule has 266 valence electrons. The summed E-state index contributed by atoms with van der Waals surface area (Å²) in [5.74, 6) is 1.64. The Morgan fingerprint density at radius 1 is 1.10 bits per heavy atom. The first-order valence-corrected chi connectivity index (χ1v) is 17.8. The molecule has 4 aliphatic rings. The number of amides is 1. The van der Waals surface area contributed by atoms with Crippen molar-refractivity contribution in [3.05, 3.63) is 53.7 Å². The Kier molecular flexibility index (Phi) is 8.26. The number of carbonyl (C=O) groups is 1. The fourth-order valence-corrected chi connectivity index (χ4v) is 8.90. The van der Waals surface area contributed by atoms with Crippen LogP contribution in [0.2, 0.25) is 0 Å². The molecule has 1 amide bonds. The summed E-state index contributed by atoms with van der Waals surface area (Å²) in [6.07, 6.45) is 12.3. The third-order valence-electron chi connectivity index (χ3n) is 11.1. The van der Waals surface area contributed by atoms with E-state index >= 15 is 4.39 Å². The zero-order chi connectivity index (χ0) is 35.7. The molecule has 10 nitrogen and oxygen atoms in total. The normalized spacial score (nSPS) is 24.7. The lowest BCUT2D eigenvalue weighted by Gasteiger charge is -2.42. The molecule has 4 atom stereocenters. The van der Waals surface area contributed by atoms with Crippen LogP contribution in [0.4, 0.5) is 19.4 Å². The molecule has 4 aromatic rings. The van der Waals surface area contributed by atoms with Crippen molar-refractivity contribution in [2.45, 2.75) is 88.6 Å². The van der Waals surface area contributed by atoms with Crippen molar-refractivity contribution in [1.29, 1.82) is 0 Å². The molecule has 51 heavy (non-hydrogen) atoms. The van der Waals surface area contributed by atoms with Gasteiger partial charge in [-0.25, -0.2) is 13.6 Å². The Labute approximate surface area is 295 Å². The molecular formula is C39H42F2N6O4. The minimum Gasteiger partial charge on any atom is -0.461 e. The van der Waals surface area contributed by atoms with Crippen LogP contribution < -0.4 is 9.64 Å². The monoisotopic (exact) mass is 696 g/mol. The number of hydrogen-bond donors (Lipinski definition) is 1. The Bertz CT molecular complexity index is 2070. The van der Waals surface area contributed by atoms with Gasteiger partial charge in [0.05, 0.1) is 35.2 Å². The van der Waals surface area contributed by atoms with Crippen LogP contribution in [-0.2, 0) is 4.74 Å². The molecule has 2 aromatic carbocycles. The summed E-state index contributed by atoms with van der Waals surface area (Å²) < 4.78 is 44.1. The second kappa shape index (κ2) is 12.6. The number of pyridine rings is 1. The zero-order valence-corrected chi connectivity index (χ0v) is 29.2. The first kappa shape index (κ1) is 33.5. The van der Waals surface area contributed by atoms with E-state index in [0.29, 0.717) is 47.2 Å². The van der Waals surface area contributed by atoms with E-state index < -0.39 is 17.2 Å². The number of hydrogen-bond acceptors (Lipinski definition) is 9. The Balaban J connectivity index is 1.21. The lowest BCUT2D eigenvalue weighted by molar-refractivity contribution is 0.0122. The highest BCUT2D eigenvalue weighted by atomic mass is 19.1. The molecule has 0 radical (unpaired) electrons. The summed E-state index contributed by atoms with van der Waals surface area (Å²) in [5.41, 5.74) is -0.461. The molecular weight excluding hydrogens is 654 g/mol. The van der Waals surface area contributed by atoms with Crippen molar-refractivity contribution in [3.63, 3.8) is 0 Å². The van der Waals surface area contributed by atoms with Crippen LogP contribution in [0.15, 0.2) is 36.5 Å². The number of piperazine rings is 1. The predicted molar refractivity (Wildman–Crippen MR) is 189 cm³/mol. The van der Waals surface area contributed by atoms with Gasteiger partial charge in [0, 0.05) is 36.3 Å². The summed E-state index contributed by atoms with van der Waals surface area (Å²) in [7, 11) is 0. The van der Waals surface area contributed by atoms with Gasteiger partial charge in [0.15, 0.2) is 5.82 Å². The molecule has 2 bridgehead atoms. The van der Waals surface area contributed by atoms with Gasteiger partial charge in [-0.3, -0.25) is 14.8 Å². The van der Waals surface area contributed by atoms with Gasteiger partial charge in [0.1, 0.15) is 35.1 Å². The van der Waals surface area contributed by atoms with Crippen molar-refractivity contribution in [2.75, 3.05) is 37.7 Å². The number of carbonyl (C=O) groups excluding carboxylic acids is 1. The minimum absolute atomic E-state index is 0.0113.